The third-order valence-electron chi connectivity index (χ3n) is 3.85. The van der Waals surface area contributed by atoms with E-state index in [4.69, 9.17) is 0 Å². The van der Waals surface area contributed by atoms with E-state index in [1.54, 1.807) is 6.92 Å². The van der Waals surface area contributed by atoms with Crippen LogP contribution in [0.5, 0.6) is 0 Å². The number of sulfonamides is 1. The summed E-state index contributed by atoms with van der Waals surface area (Å²) in [6.07, 6.45) is 2.87. The van der Waals surface area contributed by atoms with Gasteiger partial charge in [-0.15, -0.1) is 0 Å². The maximum absolute atomic E-state index is 12.8. The molecule has 0 aromatic heterocycles. The zero-order valence-corrected chi connectivity index (χ0v) is 15.8. The van der Waals surface area contributed by atoms with Gasteiger partial charge in [-0.25, -0.2) is 16.8 Å². The molecule has 0 aliphatic heterocycles. The van der Waals surface area contributed by atoms with Crippen molar-refractivity contribution in [3.8, 4) is 0 Å². The highest BCUT2D eigenvalue weighted by Gasteiger charge is 2.29. The van der Waals surface area contributed by atoms with Crippen LogP contribution < -0.4 is 5.32 Å². The van der Waals surface area contributed by atoms with Gasteiger partial charge in [-0.3, -0.25) is 4.79 Å². The van der Waals surface area contributed by atoms with Gasteiger partial charge in [0, 0.05) is 19.3 Å². The van der Waals surface area contributed by atoms with E-state index in [0.29, 0.717) is 5.56 Å². The summed E-state index contributed by atoms with van der Waals surface area (Å²) < 4.78 is 50.3. The fourth-order valence-electron chi connectivity index (χ4n) is 2.40. The number of benzene rings is 1. The Kier molecular flexibility index (Phi) is 5.08. The van der Waals surface area contributed by atoms with E-state index in [1.807, 2.05) is 0 Å². The quantitative estimate of drug-likeness (QED) is 0.786. The van der Waals surface area contributed by atoms with Crippen LogP contribution in [0.4, 0.5) is 0 Å². The molecule has 0 atom stereocenters. The summed E-state index contributed by atoms with van der Waals surface area (Å²) >= 11 is 0. The number of amides is 1. The van der Waals surface area contributed by atoms with E-state index < -0.39 is 19.9 Å². The summed E-state index contributed by atoms with van der Waals surface area (Å²) in [6, 6.07) is 3.02. The average molecular weight is 374 g/mol. The van der Waals surface area contributed by atoms with Gasteiger partial charge in [0.25, 0.3) is 0 Å². The van der Waals surface area contributed by atoms with Gasteiger partial charge in [0.1, 0.15) is 0 Å². The predicted molar refractivity (Wildman–Crippen MR) is 90.0 cm³/mol. The van der Waals surface area contributed by atoms with Crippen molar-refractivity contribution in [3.05, 3.63) is 23.3 Å². The molecule has 1 fully saturated rings. The SMILES string of the molecule is Cc1cc(S(C)(=O)=O)c(C)c(S(=O)(=O)N(C)CC(=O)NC2CC2)c1. The van der Waals surface area contributed by atoms with Crippen molar-refractivity contribution in [1.29, 1.82) is 0 Å². The molecule has 7 nitrogen and oxygen atoms in total. The van der Waals surface area contributed by atoms with Crippen LogP contribution in [0.3, 0.4) is 0 Å². The van der Waals surface area contributed by atoms with Crippen molar-refractivity contribution in [2.45, 2.75) is 42.5 Å². The normalized spacial score (nSPS) is 15.5. The first-order chi connectivity index (χ1) is 10.9. The van der Waals surface area contributed by atoms with Crippen LogP contribution in [0, 0.1) is 13.8 Å². The highest BCUT2D eigenvalue weighted by Crippen LogP contribution is 2.27. The second-order valence-corrected chi connectivity index (χ2v) is 10.3. The molecule has 1 aliphatic carbocycles. The Bertz CT molecular complexity index is 871. The van der Waals surface area contributed by atoms with Crippen molar-refractivity contribution >= 4 is 25.8 Å². The molecule has 0 spiro atoms. The first kappa shape index (κ1) is 18.9. The molecule has 1 saturated carbocycles. The number of likely N-dealkylation sites (N-methyl/N-ethyl adjacent to an activating group) is 1. The van der Waals surface area contributed by atoms with Gasteiger partial charge in [-0.1, -0.05) is 0 Å². The van der Waals surface area contributed by atoms with E-state index in [0.717, 1.165) is 23.4 Å². The molecule has 0 bridgehead atoms. The number of carbonyl (C=O) groups excluding carboxylic acids is 1. The van der Waals surface area contributed by atoms with Crippen LogP contribution in [0.25, 0.3) is 0 Å². The molecule has 0 unspecified atom stereocenters. The predicted octanol–water partition coefficient (Wildman–Crippen LogP) is 0.606. The molecule has 1 aliphatic rings. The fourth-order valence-corrected chi connectivity index (χ4v) is 4.99. The number of nitrogens with zero attached hydrogens (tertiary/aromatic N) is 1. The fraction of sp³-hybridized carbons (Fsp3) is 0.533. The highest BCUT2D eigenvalue weighted by molar-refractivity contribution is 7.91. The molecule has 1 N–H and O–H groups in total. The number of hydrogen-bond donors (Lipinski definition) is 1. The van der Waals surface area contributed by atoms with Crippen LogP contribution in [0.1, 0.15) is 24.0 Å². The van der Waals surface area contributed by atoms with E-state index >= 15 is 0 Å². The molecule has 0 saturated heterocycles. The second-order valence-electron chi connectivity index (χ2n) is 6.26. The Balaban J connectivity index is 2.37. The van der Waals surface area contributed by atoms with Gasteiger partial charge in [0.05, 0.1) is 16.3 Å². The molecule has 0 heterocycles. The minimum atomic E-state index is -3.98. The zero-order valence-electron chi connectivity index (χ0n) is 14.2. The summed E-state index contributed by atoms with van der Waals surface area (Å²) in [5.41, 5.74) is 0.688. The molecule has 1 aromatic carbocycles. The highest BCUT2D eigenvalue weighted by atomic mass is 32.2. The summed E-state index contributed by atoms with van der Waals surface area (Å²) in [5.74, 6) is -0.364. The van der Waals surface area contributed by atoms with Crippen molar-refractivity contribution in [3.63, 3.8) is 0 Å². The lowest BCUT2D eigenvalue weighted by Gasteiger charge is -2.19. The number of nitrogens with one attached hydrogen (secondary N) is 1. The number of aryl methyl sites for hydroxylation is 1. The van der Waals surface area contributed by atoms with Gasteiger partial charge in [0.15, 0.2) is 9.84 Å². The lowest BCUT2D eigenvalue weighted by Crippen LogP contribution is -2.39. The van der Waals surface area contributed by atoms with Gasteiger partial charge in [0.2, 0.25) is 15.9 Å². The Hall–Kier alpha value is -1.45. The number of rotatable bonds is 6. The summed E-state index contributed by atoms with van der Waals surface area (Å²) in [5, 5.41) is 2.73. The number of carbonyl (C=O) groups is 1. The summed E-state index contributed by atoms with van der Waals surface area (Å²) in [4.78, 5) is 11.7. The van der Waals surface area contributed by atoms with E-state index in [2.05, 4.69) is 5.32 Å². The Morgan fingerprint density at radius 1 is 1.17 bits per heavy atom. The van der Waals surface area contributed by atoms with Crippen LogP contribution in [0.15, 0.2) is 21.9 Å². The van der Waals surface area contributed by atoms with E-state index in [-0.39, 0.29) is 33.8 Å². The first-order valence-corrected chi connectivity index (χ1v) is 10.8. The molecule has 134 valence electrons. The maximum atomic E-state index is 12.8. The van der Waals surface area contributed by atoms with Gasteiger partial charge in [-0.2, -0.15) is 4.31 Å². The third-order valence-corrected chi connectivity index (χ3v) is 7.01. The molecular formula is C15H22N2O5S2. The monoisotopic (exact) mass is 374 g/mol. The van der Waals surface area contributed by atoms with Crippen LogP contribution in [-0.4, -0.2) is 52.9 Å². The number of hydrogen-bond acceptors (Lipinski definition) is 5. The van der Waals surface area contributed by atoms with Gasteiger partial charge >= 0.3 is 0 Å². The average Bonchev–Trinajstić information content (AvgIpc) is 3.23. The molecule has 1 aromatic rings. The third kappa shape index (κ3) is 4.14. The first-order valence-electron chi connectivity index (χ1n) is 7.50. The Labute approximate surface area is 143 Å². The Morgan fingerprint density at radius 3 is 2.21 bits per heavy atom. The molecule has 0 radical (unpaired) electrons. The molecule has 2 rings (SSSR count). The van der Waals surface area contributed by atoms with E-state index in [9.17, 15) is 21.6 Å². The summed E-state index contributed by atoms with van der Waals surface area (Å²) in [6.45, 7) is 2.79. The van der Waals surface area contributed by atoms with Crippen LogP contribution in [0.2, 0.25) is 0 Å². The largest absolute Gasteiger partial charge is 0.352 e. The molecule has 1 amide bonds. The lowest BCUT2D eigenvalue weighted by molar-refractivity contribution is -0.121. The van der Waals surface area contributed by atoms with Crippen LogP contribution in [-0.2, 0) is 24.7 Å². The van der Waals surface area contributed by atoms with Gasteiger partial charge in [-0.05, 0) is 49.9 Å². The van der Waals surface area contributed by atoms with E-state index in [1.165, 1.54) is 26.1 Å². The van der Waals surface area contributed by atoms with Crippen LogP contribution >= 0.6 is 0 Å². The number of sulfone groups is 1. The second kappa shape index (κ2) is 6.45. The molecule has 24 heavy (non-hydrogen) atoms. The molecular weight excluding hydrogens is 352 g/mol. The topological polar surface area (TPSA) is 101 Å². The lowest BCUT2D eigenvalue weighted by atomic mass is 10.2. The zero-order chi connectivity index (χ0) is 18.3. The maximum Gasteiger partial charge on any atom is 0.243 e. The standard InChI is InChI=1S/C15H22N2O5S2/c1-10-7-13(23(4,19)20)11(2)14(8-10)24(21,22)17(3)9-15(18)16-12-5-6-12/h7-8,12H,5-6,9H2,1-4H3,(H,16,18). The smallest absolute Gasteiger partial charge is 0.243 e. The van der Waals surface area contributed by atoms with Crippen molar-refractivity contribution < 1.29 is 21.6 Å². The Morgan fingerprint density at radius 2 is 1.71 bits per heavy atom. The minimum absolute atomic E-state index is 0.0168. The summed E-state index contributed by atoms with van der Waals surface area (Å²) in [7, 11) is -6.23. The minimum Gasteiger partial charge on any atom is -0.352 e. The van der Waals surface area contributed by atoms with Crippen molar-refractivity contribution in [2.24, 2.45) is 0 Å². The van der Waals surface area contributed by atoms with Gasteiger partial charge < -0.3 is 5.32 Å². The van der Waals surface area contributed by atoms with Crippen molar-refractivity contribution in [2.75, 3.05) is 19.8 Å². The molecule has 9 heteroatoms. The van der Waals surface area contributed by atoms with Crippen molar-refractivity contribution in [1.82, 2.24) is 9.62 Å².